The fraction of sp³-hybridized carbons (Fsp3) is 0.211. The maximum Gasteiger partial charge on any atom is 0.187 e. The number of anilines is 3. The lowest BCUT2D eigenvalue weighted by Crippen LogP contribution is -2.17. The molecular formula is C19H18ClN3S. The van der Waals surface area contributed by atoms with Gasteiger partial charge in [0.05, 0.1) is 16.4 Å². The van der Waals surface area contributed by atoms with E-state index in [0.29, 0.717) is 5.02 Å². The maximum atomic E-state index is 6.19. The Morgan fingerprint density at radius 2 is 1.75 bits per heavy atom. The number of aromatic nitrogens is 1. The lowest BCUT2D eigenvalue weighted by atomic mass is 10.1. The third-order valence-corrected chi connectivity index (χ3v) is 5.34. The van der Waals surface area contributed by atoms with E-state index in [1.165, 1.54) is 31.6 Å². The second-order valence-electron chi connectivity index (χ2n) is 5.88. The number of hydrogen-bond donors (Lipinski definition) is 1. The molecule has 1 aliphatic heterocycles. The molecular weight excluding hydrogens is 338 g/mol. The molecule has 0 spiro atoms. The Hall–Kier alpha value is -2.04. The number of halogens is 1. The SMILES string of the molecule is Clc1ccccc1Nc1nc(-c2ccc(N3CCCC3)cc2)cs1. The Kier molecular flexibility index (Phi) is 4.41. The van der Waals surface area contributed by atoms with Gasteiger partial charge in [0, 0.05) is 29.7 Å². The van der Waals surface area contributed by atoms with E-state index in [0.717, 1.165) is 22.1 Å². The van der Waals surface area contributed by atoms with Crippen LogP contribution in [0, 0.1) is 0 Å². The largest absolute Gasteiger partial charge is 0.372 e. The molecule has 3 aromatic rings. The van der Waals surface area contributed by atoms with E-state index in [9.17, 15) is 0 Å². The van der Waals surface area contributed by atoms with E-state index in [-0.39, 0.29) is 0 Å². The molecule has 2 heterocycles. The Morgan fingerprint density at radius 1 is 1.00 bits per heavy atom. The summed E-state index contributed by atoms with van der Waals surface area (Å²) in [6, 6.07) is 16.4. The van der Waals surface area contributed by atoms with Crippen LogP contribution >= 0.6 is 22.9 Å². The molecule has 0 amide bonds. The molecule has 1 saturated heterocycles. The van der Waals surface area contributed by atoms with Gasteiger partial charge in [-0.1, -0.05) is 35.9 Å². The molecule has 24 heavy (non-hydrogen) atoms. The van der Waals surface area contributed by atoms with Crippen LogP contribution in [0.1, 0.15) is 12.8 Å². The molecule has 1 aliphatic rings. The summed E-state index contributed by atoms with van der Waals surface area (Å²) >= 11 is 7.77. The summed E-state index contributed by atoms with van der Waals surface area (Å²) in [6.07, 6.45) is 2.59. The lowest BCUT2D eigenvalue weighted by Gasteiger charge is -2.17. The zero-order chi connectivity index (χ0) is 16.4. The van der Waals surface area contributed by atoms with Crippen LogP contribution in [0.25, 0.3) is 11.3 Å². The number of thiazole rings is 1. The molecule has 0 radical (unpaired) electrons. The molecule has 3 nitrogen and oxygen atoms in total. The average molecular weight is 356 g/mol. The zero-order valence-corrected chi connectivity index (χ0v) is 14.8. The minimum Gasteiger partial charge on any atom is -0.372 e. The first-order valence-corrected chi connectivity index (χ1v) is 9.38. The van der Waals surface area contributed by atoms with E-state index in [2.05, 4.69) is 44.8 Å². The highest BCUT2D eigenvalue weighted by Gasteiger charge is 2.12. The van der Waals surface area contributed by atoms with Gasteiger partial charge >= 0.3 is 0 Å². The standard InChI is InChI=1S/C19H18ClN3S/c20-16-5-1-2-6-17(16)21-19-22-18(13-24-19)14-7-9-15(10-8-14)23-11-3-4-12-23/h1-2,5-10,13H,3-4,11-12H2,(H,21,22). The normalized spacial score (nSPS) is 14.1. The van der Waals surface area contributed by atoms with Gasteiger partial charge in [0.15, 0.2) is 5.13 Å². The van der Waals surface area contributed by atoms with Gasteiger partial charge in [-0.2, -0.15) is 0 Å². The van der Waals surface area contributed by atoms with Crippen molar-refractivity contribution < 1.29 is 0 Å². The Balaban J connectivity index is 1.51. The smallest absolute Gasteiger partial charge is 0.187 e. The highest BCUT2D eigenvalue weighted by molar-refractivity contribution is 7.14. The van der Waals surface area contributed by atoms with Gasteiger partial charge in [-0.3, -0.25) is 0 Å². The summed E-state index contributed by atoms with van der Waals surface area (Å²) in [5.74, 6) is 0. The fourth-order valence-corrected chi connectivity index (χ4v) is 3.87. The van der Waals surface area contributed by atoms with Gasteiger partial charge in [-0.15, -0.1) is 11.3 Å². The van der Waals surface area contributed by atoms with Crippen molar-refractivity contribution >= 4 is 39.4 Å². The highest BCUT2D eigenvalue weighted by atomic mass is 35.5. The van der Waals surface area contributed by atoms with E-state index in [1.807, 2.05) is 24.3 Å². The van der Waals surface area contributed by atoms with Crippen LogP contribution in [0.5, 0.6) is 0 Å². The van der Waals surface area contributed by atoms with Gasteiger partial charge in [0.1, 0.15) is 0 Å². The van der Waals surface area contributed by atoms with Crippen LogP contribution in [0.2, 0.25) is 5.02 Å². The second kappa shape index (κ2) is 6.83. The fourth-order valence-electron chi connectivity index (χ4n) is 2.96. The highest BCUT2D eigenvalue weighted by Crippen LogP contribution is 2.31. The number of para-hydroxylation sites is 1. The molecule has 2 aromatic carbocycles. The van der Waals surface area contributed by atoms with Crippen molar-refractivity contribution in [1.82, 2.24) is 4.98 Å². The van der Waals surface area contributed by atoms with Crippen molar-refractivity contribution in [3.05, 3.63) is 58.9 Å². The van der Waals surface area contributed by atoms with Crippen molar-refractivity contribution in [3.63, 3.8) is 0 Å². The molecule has 122 valence electrons. The maximum absolute atomic E-state index is 6.19. The summed E-state index contributed by atoms with van der Waals surface area (Å²) in [4.78, 5) is 7.12. The molecule has 1 fully saturated rings. The van der Waals surface area contributed by atoms with Gasteiger partial charge in [0.2, 0.25) is 0 Å². The summed E-state index contributed by atoms with van der Waals surface area (Å²) in [5.41, 5.74) is 4.31. The van der Waals surface area contributed by atoms with Crippen LogP contribution in [0.4, 0.5) is 16.5 Å². The third kappa shape index (κ3) is 3.25. The first kappa shape index (κ1) is 15.5. The second-order valence-corrected chi connectivity index (χ2v) is 7.15. The van der Waals surface area contributed by atoms with Crippen molar-refractivity contribution in [2.75, 3.05) is 23.3 Å². The van der Waals surface area contributed by atoms with Crippen molar-refractivity contribution in [1.29, 1.82) is 0 Å². The van der Waals surface area contributed by atoms with Crippen LogP contribution in [-0.4, -0.2) is 18.1 Å². The zero-order valence-electron chi connectivity index (χ0n) is 13.2. The molecule has 0 saturated carbocycles. The number of benzene rings is 2. The summed E-state index contributed by atoms with van der Waals surface area (Å²) < 4.78 is 0. The molecule has 0 unspecified atom stereocenters. The molecule has 1 aromatic heterocycles. The quantitative estimate of drug-likeness (QED) is 0.640. The Morgan fingerprint density at radius 3 is 2.50 bits per heavy atom. The molecule has 1 N–H and O–H groups in total. The van der Waals surface area contributed by atoms with Gasteiger partial charge in [-0.25, -0.2) is 4.98 Å². The van der Waals surface area contributed by atoms with Crippen LogP contribution < -0.4 is 10.2 Å². The number of rotatable bonds is 4. The molecule has 4 rings (SSSR count). The van der Waals surface area contributed by atoms with Crippen LogP contribution in [0.15, 0.2) is 53.9 Å². The minimum atomic E-state index is 0.698. The predicted octanol–water partition coefficient (Wildman–Crippen LogP) is 5.81. The predicted molar refractivity (Wildman–Crippen MR) is 104 cm³/mol. The minimum absolute atomic E-state index is 0.698. The average Bonchev–Trinajstić information content (AvgIpc) is 3.29. The third-order valence-electron chi connectivity index (χ3n) is 4.25. The van der Waals surface area contributed by atoms with Gasteiger partial charge in [-0.05, 0) is 37.1 Å². The van der Waals surface area contributed by atoms with Crippen molar-refractivity contribution in [2.45, 2.75) is 12.8 Å². The summed E-state index contributed by atoms with van der Waals surface area (Å²) in [5, 5.41) is 6.91. The topological polar surface area (TPSA) is 28.2 Å². The number of nitrogens with one attached hydrogen (secondary N) is 1. The first-order chi connectivity index (χ1) is 11.8. The number of hydrogen-bond acceptors (Lipinski definition) is 4. The Bertz CT molecular complexity index is 823. The van der Waals surface area contributed by atoms with E-state index >= 15 is 0 Å². The first-order valence-electron chi connectivity index (χ1n) is 8.12. The summed E-state index contributed by atoms with van der Waals surface area (Å²) in [7, 11) is 0. The van der Waals surface area contributed by atoms with Crippen LogP contribution in [-0.2, 0) is 0 Å². The van der Waals surface area contributed by atoms with Crippen molar-refractivity contribution in [2.24, 2.45) is 0 Å². The molecule has 5 heteroatoms. The summed E-state index contributed by atoms with van der Waals surface area (Å²) in [6.45, 7) is 2.34. The molecule has 0 aliphatic carbocycles. The van der Waals surface area contributed by atoms with E-state index < -0.39 is 0 Å². The van der Waals surface area contributed by atoms with Crippen molar-refractivity contribution in [3.8, 4) is 11.3 Å². The molecule has 0 bridgehead atoms. The Labute approximate surface area is 150 Å². The van der Waals surface area contributed by atoms with Crippen LogP contribution in [0.3, 0.4) is 0 Å². The van der Waals surface area contributed by atoms with Gasteiger partial charge in [0.25, 0.3) is 0 Å². The van der Waals surface area contributed by atoms with Gasteiger partial charge < -0.3 is 10.2 Å². The number of nitrogens with zero attached hydrogens (tertiary/aromatic N) is 2. The lowest BCUT2D eigenvalue weighted by molar-refractivity contribution is 0.949. The molecule has 0 atom stereocenters. The van der Waals surface area contributed by atoms with E-state index in [4.69, 9.17) is 11.6 Å². The van der Waals surface area contributed by atoms with E-state index in [1.54, 1.807) is 11.3 Å². The monoisotopic (exact) mass is 355 g/mol.